The Bertz CT molecular complexity index is 1170. The maximum absolute atomic E-state index is 12.6. The average molecular weight is 573 g/mol. The monoisotopic (exact) mass is 571 g/mol. The number of thiazole rings is 1. The number of amides is 2. The Balaban J connectivity index is 1.38. The minimum atomic E-state index is -0.283. The number of nitrogens with zero attached hydrogens (tertiary/aromatic N) is 2. The number of carbonyl (C=O) groups excluding carboxylic acids is 1. The number of nitrogens with one attached hydrogen (secondary N) is 3. The quantitative estimate of drug-likeness (QED) is 0.321. The summed E-state index contributed by atoms with van der Waals surface area (Å²) in [6, 6.07) is 14.1. The van der Waals surface area contributed by atoms with E-state index in [1.54, 1.807) is 0 Å². The zero-order valence-corrected chi connectivity index (χ0v) is 23.6. The number of piperazine rings is 1. The molecule has 1 fully saturated rings. The number of aromatic nitrogens is 1. The molecule has 2 heterocycles. The third-order valence-corrected chi connectivity index (χ3v) is 7.51. The molecule has 2 amide bonds. The van der Waals surface area contributed by atoms with E-state index in [4.69, 9.17) is 9.72 Å². The Labute approximate surface area is 225 Å². The van der Waals surface area contributed by atoms with Crippen LogP contribution >= 0.6 is 27.3 Å². The van der Waals surface area contributed by atoms with Crippen LogP contribution in [-0.2, 0) is 12.0 Å². The molecule has 0 unspecified atom stereocenters. The van der Waals surface area contributed by atoms with Crippen LogP contribution in [0.15, 0.2) is 52.3 Å². The molecule has 36 heavy (non-hydrogen) atoms. The molecule has 2 aromatic carbocycles. The number of rotatable bonds is 8. The summed E-state index contributed by atoms with van der Waals surface area (Å²) < 4.78 is 7.16. The van der Waals surface area contributed by atoms with E-state index in [1.165, 1.54) is 11.3 Å². The fraction of sp³-hybridized carbons (Fsp3) is 0.407. The Morgan fingerprint density at radius 1 is 1.19 bits per heavy atom. The summed E-state index contributed by atoms with van der Waals surface area (Å²) in [6.07, 6.45) is 0.0685. The topological polar surface area (TPSA) is 78.5 Å². The summed E-state index contributed by atoms with van der Waals surface area (Å²) in [5, 5.41) is 11.8. The molecule has 1 aliphatic heterocycles. The number of urea groups is 1. The number of halogens is 1. The van der Waals surface area contributed by atoms with Gasteiger partial charge in [0.2, 0.25) is 0 Å². The molecule has 1 aromatic heterocycles. The minimum Gasteiger partial charge on any atom is -0.489 e. The van der Waals surface area contributed by atoms with Crippen molar-refractivity contribution in [2.24, 2.45) is 0 Å². The van der Waals surface area contributed by atoms with Gasteiger partial charge in [-0.3, -0.25) is 5.32 Å². The lowest BCUT2D eigenvalue weighted by molar-refractivity contribution is 0.242. The van der Waals surface area contributed by atoms with Crippen LogP contribution < -0.4 is 25.6 Å². The van der Waals surface area contributed by atoms with Gasteiger partial charge in [0, 0.05) is 48.0 Å². The van der Waals surface area contributed by atoms with Gasteiger partial charge in [-0.15, -0.1) is 11.3 Å². The Morgan fingerprint density at radius 3 is 2.61 bits per heavy atom. The van der Waals surface area contributed by atoms with E-state index in [2.05, 4.69) is 68.8 Å². The van der Waals surface area contributed by atoms with Gasteiger partial charge in [0.15, 0.2) is 5.13 Å². The van der Waals surface area contributed by atoms with Crippen molar-refractivity contribution in [1.82, 2.24) is 15.6 Å². The van der Waals surface area contributed by atoms with Crippen LogP contribution in [0.4, 0.5) is 15.6 Å². The lowest BCUT2D eigenvalue weighted by Crippen LogP contribution is -2.43. The SMILES string of the molecule is CC(C)Oc1cc(CNC(=O)Nc2nc(C(C)(C)c3ccc(Br)cc3)cs2)ccc1N1CCNCC1. The van der Waals surface area contributed by atoms with Gasteiger partial charge in [-0.1, -0.05) is 48.0 Å². The van der Waals surface area contributed by atoms with Gasteiger partial charge in [-0.2, -0.15) is 0 Å². The van der Waals surface area contributed by atoms with Crippen molar-refractivity contribution in [3.8, 4) is 5.75 Å². The predicted molar refractivity (Wildman–Crippen MR) is 152 cm³/mol. The highest BCUT2D eigenvalue weighted by molar-refractivity contribution is 9.10. The first-order valence-corrected chi connectivity index (χ1v) is 13.9. The first kappa shape index (κ1) is 26.4. The van der Waals surface area contributed by atoms with Gasteiger partial charge in [0.25, 0.3) is 0 Å². The van der Waals surface area contributed by atoms with Crippen LogP contribution in [0.2, 0.25) is 0 Å². The number of carbonyl (C=O) groups is 1. The summed E-state index contributed by atoms with van der Waals surface area (Å²) in [4.78, 5) is 19.7. The van der Waals surface area contributed by atoms with E-state index in [9.17, 15) is 4.79 Å². The van der Waals surface area contributed by atoms with Crippen LogP contribution in [0.1, 0.15) is 44.5 Å². The molecule has 0 atom stereocenters. The number of hydrogen-bond donors (Lipinski definition) is 3. The van der Waals surface area contributed by atoms with E-state index in [-0.39, 0.29) is 17.6 Å². The summed E-state index contributed by atoms with van der Waals surface area (Å²) in [5.41, 5.74) is 3.89. The van der Waals surface area contributed by atoms with Crippen LogP contribution in [-0.4, -0.2) is 43.3 Å². The van der Waals surface area contributed by atoms with Crippen molar-refractivity contribution in [1.29, 1.82) is 0 Å². The third kappa shape index (κ3) is 6.57. The van der Waals surface area contributed by atoms with Crippen molar-refractivity contribution in [3.63, 3.8) is 0 Å². The average Bonchev–Trinajstić information content (AvgIpc) is 3.33. The zero-order chi connectivity index (χ0) is 25.7. The molecule has 3 N–H and O–H groups in total. The van der Waals surface area contributed by atoms with Crippen LogP contribution in [0.3, 0.4) is 0 Å². The van der Waals surface area contributed by atoms with Crippen molar-refractivity contribution < 1.29 is 9.53 Å². The summed E-state index contributed by atoms with van der Waals surface area (Å²) in [6.45, 7) is 12.5. The molecule has 0 spiro atoms. The van der Waals surface area contributed by atoms with Crippen molar-refractivity contribution in [2.75, 3.05) is 36.4 Å². The maximum Gasteiger partial charge on any atom is 0.321 e. The van der Waals surface area contributed by atoms with Crippen LogP contribution in [0, 0.1) is 0 Å². The second kappa shape index (κ2) is 11.6. The van der Waals surface area contributed by atoms with E-state index in [1.807, 2.05) is 43.5 Å². The lowest BCUT2D eigenvalue weighted by Gasteiger charge is -2.31. The summed E-state index contributed by atoms with van der Waals surface area (Å²) in [7, 11) is 0. The van der Waals surface area contributed by atoms with Gasteiger partial charge in [0.05, 0.1) is 17.5 Å². The second-order valence-corrected chi connectivity index (χ2v) is 11.5. The normalized spacial score (nSPS) is 14.1. The number of hydrogen-bond acceptors (Lipinski definition) is 6. The summed E-state index contributed by atoms with van der Waals surface area (Å²) in [5.74, 6) is 0.853. The smallest absolute Gasteiger partial charge is 0.321 e. The molecular formula is C27H34BrN5O2S. The molecule has 1 aliphatic rings. The molecule has 4 rings (SSSR count). The van der Waals surface area contributed by atoms with E-state index < -0.39 is 0 Å². The number of benzene rings is 2. The highest BCUT2D eigenvalue weighted by atomic mass is 79.9. The Kier molecular flexibility index (Phi) is 8.54. The van der Waals surface area contributed by atoms with E-state index in [0.717, 1.165) is 58.9 Å². The highest BCUT2D eigenvalue weighted by Crippen LogP contribution is 2.34. The van der Waals surface area contributed by atoms with Crippen molar-refractivity contribution in [3.05, 3.63) is 69.1 Å². The van der Waals surface area contributed by atoms with E-state index in [0.29, 0.717) is 11.7 Å². The molecule has 192 valence electrons. The van der Waals surface area contributed by atoms with Gasteiger partial charge in [-0.05, 0) is 49.2 Å². The molecule has 3 aromatic rings. The maximum atomic E-state index is 12.6. The highest BCUT2D eigenvalue weighted by Gasteiger charge is 2.26. The minimum absolute atomic E-state index is 0.0685. The Morgan fingerprint density at radius 2 is 1.92 bits per heavy atom. The first-order valence-electron chi connectivity index (χ1n) is 12.2. The van der Waals surface area contributed by atoms with Gasteiger partial charge in [0.1, 0.15) is 5.75 Å². The number of anilines is 2. The molecule has 0 bridgehead atoms. The fourth-order valence-corrected chi connectivity index (χ4v) is 5.28. The first-order chi connectivity index (χ1) is 17.2. The molecule has 7 nitrogen and oxygen atoms in total. The zero-order valence-electron chi connectivity index (χ0n) is 21.2. The van der Waals surface area contributed by atoms with Crippen LogP contribution in [0.25, 0.3) is 0 Å². The largest absolute Gasteiger partial charge is 0.489 e. The molecule has 0 aliphatic carbocycles. The molecule has 9 heteroatoms. The predicted octanol–water partition coefficient (Wildman–Crippen LogP) is 5.75. The van der Waals surface area contributed by atoms with Crippen LogP contribution in [0.5, 0.6) is 5.75 Å². The lowest BCUT2D eigenvalue weighted by atomic mass is 9.82. The second-order valence-electron chi connectivity index (χ2n) is 9.68. The standard InChI is InChI=1S/C27H34BrN5O2S/c1-18(2)35-23-15-19(5-10-22(23)33-13-11-29-12-14-33)16-30-25(34)32-26-31-24(17-36-26)27(3,4)20-6-8-21(28)9-7-20/h5-10,15,17-18,29H,11-14,16H2,1-4H3,(H2,30,31,32,34). The Hall–Kier alpha value is -2.62. The molecule has 0 radical (unpaired) electrons. The van der Waals surface area contributed by atoms with E-state index >= 15 is 0 Å². The number of ether oxygens (including phenoxy) is 1. The summed E-state index contributed by atoms with van der Waals surface area (Å²) >= 11 is 4.92. The van der Waals surface area contributed by atoms with Gasteiger partial charge in [-0.25, -0.2) is 9.78 Å². The van der Waals surface area contributed by atoms with Crippen molar-refractivity contribution >= 4 is 44.1 Å². The van der Waals surface area contributed by atoms with Crippen molar-refractivity contribution in [2.45, 2.75) is 45.8 Å². The molecule has 1 saturated heterocycles. The molecular weight excluding hydrogens is 538 g/mol. The van der Waals surface area contributed by atoms with Gasteiger partial charge < -0.3 is 20.3 Å². The third-order valence-electron chi connectivity index (χ3n) is 6.23. The molecule has 0 saturated carbocycles. The fourth-order valence-electron chi connectivity index (χ4n) is 4.14. The van der Waals surface area contributed by atoms with Gasteiger partial charge >= 0.3 is 6.03 Å².